The number of benzene rings is 1. The molecule has 0 amide bonds. The highest BCUT2D eigenvalue weighted by atomic mass is 79.9. The lowest BCUT2D eigenvalue weighted by Crippen LogP contribution is -1.93. The summed E-state index contributed by atoms with van der Waals surface area (Å²) < 4.78 is 0.926. The number of halogens is 3. The zero-order valence-electron chi connectivity index (χ0n) is 8.05. The van der Waals surface area contributed by atoms with Crippen LogP contribution in [0, 0.1) is 0 Å². The van der Waals surface area contributed by atoms with Crippen LogP contribution in [0.1, 0.15) is 0 Å². The Kier molecular flexibility index (Phi) is 3.69. The maximum absolute atomic E-state index is 6.02. The molecular formula is C11H7BrCl2N2. The molecule has 16 heavy (non-hydrogen) atoms. The second kappa shape index (κ2) is 5.04. The Balaban J connectivity index is 2.26. The van der Waals surface area contributed by atoms with Gasteiger partial charge in [-0.2, -0.15) is 0 Å². The second-order valence-corrected chi connectivity index (χ2v) is 4.87. The highest BCUT2D eigenvalue weighted by Crippen LogP contribution is 2.27. The van der Waals surface area contributed by atoms with Gasteiger partial charge in [-0.15, -0.1) is 0 Å². The molecule has 0 bridgehead atoms. The molecule has 1 aromatic heterocycles. The quantitative estimate of drug-likeness (QED) is 0.852. The number of nitrogens with one attached hydrogen (secondary N) is 1. The van der Waals surface area contributed by atoms with Crippen molar-refractivity contribution in [3.63, 3.8) is 0 Å². The summed E-state index contributed by atoms with van der Waals surface area (Å²) in [5.74, 6) is 0.715. The lowest BCUT2D eigenvalue weighted by atomic mass is 10.3. The third-order valence-electron chi connectivity index (χ3n) is 1.92. The van der Waals surface area contributed by atoms with E-state index in [-0.39, 0.29) is 0 Å². The summed E-state index contributed by atoms with van der Waals surface area (Å²) in [4.78, 5) is 4.18. The lowest BCUT2D eigenvalue weighted by Gasteiger charge is -2.07. The fourth-order valence-electron chi connectivity index (χ4n) is 1.18. The van der Waals surface area contributed by atoms with Crippen LogP contribution in [0.5, 0.6) is 0 Å². The van der Waals surface area contributed by atoms with Gasteiger partial charge in [-0.25, -0.2) is 4.98 Å². The maximum Gasteiger partial charge on any atom is 0.130 e. The Hall–Kier alpha value is -0.770. The van der Waals surface area contributed by atoms with E-state index in [2.05, 4.69) is 26.2 Å². The summed E-state index contributed by atoms with van der Waals surface area (Å²) in [6.07, 6.45) is 1.71. The summed E-state index contributed by atoms with van der Waals surface area (Å²) in [5.41, 5.74) is 0.740. The van der Waals surface area contributed by atoms with E-state index in [0.29, 0.717) is 15.9 Å². The minimum absolute atomic E-state index is 0.606. The van der Waals surface area contributed by atoms with Crippen molar-refractivity contribution in [1.82, 2.24) is 4.98 Å². The number of hydrogen-bond donors (Lipinski definition) is 1. The molecule has 2 nitrogen and oxygen atoms in total. The Labute approximate surface area is 112 Å². The molecule has 0 atom stereocenters. The van der Waals surface area contributed by atoms with E-state index in [0.717, 1.165) is 10.2 Å². The van der Waals surface area contributed by atoms with Crippen molar-refractivity contribution in [3.05, 3.63) is 51.0 Å². The Morgan fingerprint density at radius 3 is 2.62 bits per heavy atom. The van der Waals surface area contributed by atoms with E-state index in [9.17, 15) is 0 Å². The van der Waals surface area contributed by atoms with Gasteiger partial charge in [0.05, 0.1) is 10.7 Å². The molecule has 1 N–H and O–H groups in total. The molecule has 0 unspecified atom stereocenters. The van der Waals surface area contributed by atoms with Crippen molar-refractivity contribution in [2.75, 3.05) is 5.32 Å². The average molecular weight is 318 g/mol. The highest BCUT2D eigenvalue weighted by molar-refractivity contribution is 9.10. The lowest BCUT2D eigenvalue weighted by molar-refractivity contribution is 1.29. The fraction of sp³-hybridized carbons (Fsp3) is 0. The van der Waals surface area contributed by atoms with Gasteiger partial charge in [-0.05, 0) is 46.3 Å². The van der Waals surface area contributed by atoms with Gasteiger partial charge in [0.2, 0.25) is 0 Å². The van der Waals surface area contributed by atoms with E-state index >= 15 is 0 Å². The molecule has 0 saturated heterocycles. The zero-order chi connectivity index (χ0) is 11.5. The summed E-state index contributed by atoms with van der Waals surface area (Å²) in [6, 6.07) is 8.98. The average Bonchev–Trinajstić information content (AvgIpc) is 2.27. The van der Waals surface area contributed by atoms with Crippen LogP contribution in [0.4, 0.5) is 11.5 Å². The Bertz CT molecular complexity index is 500. The number of hydrogen-bond acceptors (Lipinski definition) is 2. The first-order chi connectivity index (χ1) is 7.65. The van der Waals surface area contributed by atoms with Gasteiger partial charge in [0, 0.05) is 15.7 Å². The van der Waals surface area contributed by atoms with E-state index < -0.39 is 0 Å². The molecule has 0 aliphatic carbocycles. The zero-order valence-corrected chi connectivity index (χ0v) is 11.1. The Morgan fingerprint density at radius 1 is 1.12 bits per heavy atom. The van der Waals surface area contributed by atoms with Gasteiger partial charge in [-0.3, -0.25) is 0 Å². The van der Waals surface area contributed by atoms with Gasteiger partial charge in [0.1, 0.15) is 5.82 Å². The number of rotatable bonds is 2. The minimum atomic E-state index is 0.606. The van der Waals surface area contributed by atoms with E-state index in [4.69, 9.17) is 23.2 Å². The molecule has 82 valence electrons. The molecule has 2 aromatic rings. The van der Waals surface area contributed by atoms with Crippen LogP contribution in [-0.4, -0.2) is 4.98 Å². The van der Waals surface area contributed by atoms with Gasteiger partial charge in [0.25, 0.3) is 0 Å². The predicted octanol–water partition coefficient (Wildman–Crippen LogP) is 4.89. The molecule has 0 aliphatic rings. The maximum atomic E-state index is 6.02. The molecule has 0 fully saturated rings. The summed E-state index contributed by atoms with van der Waals surface area (Å²) in [5, 5.41) is 4.33. The normalized spacial score (nSPS) is 10.2. The van der Waals surface area contributed by atoms with Crippen molar-refractivity contribution in [2.24, 2.45) is 0 Å². The predicted molar refractivity (Wildman–Crippen MR) is 71.7 cm³/mol. The van der Waals surface area contributed by atoms with Gasteiger partial charge in [0.15, 0.2) is 0 Å². The fourth-order valence-corrected chi connectivity index (χ4v) is 1.75. The van der Waals surface area contributed by atoms with Crippen LogP contribution in [0.3, 0.4) is 0 Å². The summed E-state index contributed by atoms with van der Waals surface area (Å²) >= 11 is 15.2. The molecule has 0 spiro atoms. The van der Waals surface area contributed by atoms with Crippen LogP contribution >= 0.6 is 39.1 Å². The van der Waals surface area contributed by atoms with Crippen molar-refractivity contribution in [2.45, 2.75) is 0 Å². The first-order valence-electron chi connectivity index (χ1n) is 4.49. The van der Waals surface area contributed by atoms with Crippen molar-refractivity contribution in [3.8, 4) is 0 Å². The van der Waals surface area contributed by atoms with Gasteiger partial charge >= 0.3 is 0 Å². The number of pyridine rings is 1. The standard InChI is InChI=1S/C11H7BrCl2N2/c12-7-1-4-11(15-6-7)16-10-5-8(13)2-3-9(10)14/h1-6H,(H,15,16). The van der Waals surface area contributed by atoms with Crippen LogP contribution < -0.4 is 5.32 Å². The van der Waals surface area contributed by atoms with E-state index in [1.807, 2.05) is 12.1 Å². The first-order valence-corrected chi connectivity index (χ1v) is 6.04. The first kappa shape index (κ1) is 11.7. The third-order valence-corrected chi connectivity index (χ3v) is 2.95. The van der Waals surface area contributed by atoms with Crippen molar-refractivity contribution >= 4 is 50.6 Å². The largest absolute Gasteiger partial charge is 0.339 e. The van der Waals surface area contributed by atoms with Crippen molar-refractivity contribution < 1.29 is 0 Å². The van der Waals surface area contributed by atoms with Gasteiger partial charge in [-0.1, -0.05) is 23.2 Å². The van der Waals surface area contributed by atoms with Crippen molar-refractivity contribution in [1.29, 1.82) is 0 Å². The number of anilines is 2. The monoisotopic (exact) mass is 316 g/mol. The van der Waals surface area contributed by atoms with Crippen LogP contribution in [0.15, 0.2) is 41.0 Å². The molecule has 0 aliphatic heterocycles. The summed E-state index contributed by atoms with van der Waals surface area (Å²) in [6.45, 7) is 0. The molecule has 0 radical (unpaired) electrons. The second-order valence-electron chi connectivity index (χ2n) is 3.11. The van der Waals surface area contributed by atoms with E-state index in [1.54, 1.807) is 24.4 Å². The molecular weight excluding hydrogens is 311 g/mol. The smallest absolute Gasteiger partial charge is 0.130 e. The number of nitrogens with zero attached hydrogens (tertiary/aromatic N) is 1. The number of aromatic nitrogens is 1. The van der Waals surface area contributed by atoms with Crippen LogP contribution in [0.2, 0.25) is 10.0 Å². The van der Waals surface area contributed by atoms with Gasteiger partial charge < -0.3 is 5.32 Å². The topological polar surface area (TPSA) is 24.9 Å². The third kappa shape index (κ3) is 2.88. The summed E-state index contributed by atoms with van der Waals surface area (Å²) in [7, 11) is 0. The highest BCUT2D eigenvalue weighted by Gasteiger charge is 2.02. The molecule has 2 rings (SSSR count). The van der Waals surface area contributed by atoms with E-state index in [1.165, 1.54) is 0 Å². The SMILES string of the molecule is Clc1ccc(Cl)c(Nc2ccc(Br)cn2)c1. The molecule has 0 saturated carbocycles. The molecule has 1 heterocycles. The minimum Gasteiger partial charge on any atom is -0.339 e. The van der Waals surface area contributed by atoms with Crippen LogP contribution in [-0.2, 0) is 0 Å². The Morgan fingerprint density at radius 2 is 1.94 bits per heavy atom. The van der Waals surface area contributed by atoms with Crippen LogP contribution in [0.25, 0.3) is 0 Å². The molecule has 5 heteroatoms. The molecule has 1 aromatic carbocycles.